The van der Waals surface area contributed by atoms with Crippen LogP contribution < -0.4 is 0 Å². The Balaban J connectivity index is 2.52. The summed E-state index contributed by atoms with van der Waals surface area (Å²) < 4.78 is 10.6. The number of hydrogen-bond donors (Lipinski definition) is 0. The largest absolute Gasteiger partial charge is 0.462 e. The predicted molar refractivity (Wildman–Crippen MR) is 117 cm³/mol. The zero-order chi connectivity index (χ0) is 23.8. The van der Waals surface area contributed by atoms with Crippen LogP contribution in [0.25, 0.3) is 0 Å². The van der Waals surface area contributed by atoms with E-state index in [9.17, 15) is 24.5 Å². The molecule has 0 amide bonds. The summed E-state index contributed by atoms with van der Waals surface area (Å²) in [5.74, 6) is -4.24. The first-order chi connectivity index (χ1) is 15.1. The summed E-state index contributed by atoms with van der Waals surface area (Å²) in [7, 11) is 0. The van der Waals surface area contributed by atoms with Crippen LogP contribution in [-0.2, 0) is 19.1 Å². The van der Waals surface area contributed by atoms with Gasteiger partial charge in [-0.1, -0.05) is 42.5 Å². The number of nitro benzene ring substituents is 1. The van der Waals surface area contributed by atoms with Crippen LogP contribution in [0, 0.1) is 16.0 Å². The molecule has 0 aliphatic carbocycles. The highest BCUT2D eigenvalue weighted by atomic mass is 16.6. The number of carbonyl (C=O) groups excluding carboxylic acids is 3. The molecule has 0 spiro atoms. The van der Waals surface area contributed by atoms with Gasteiger partial charge in [0.15, 0.2) is 11.7 Å². The van der Waals surface area contributed by atoms with Crippen molar-refractivity contribution in [3.8, 4) is 0 Å². The maximum atomic E-state index is 13.0. The molecular weight excluding hydrogens is 414 g/mol. The number of rotatable bonds is 10. The van der Waals surface area contributed by atoms with E-state index in [2.05, 4.69) is 0 Å². The molecule has 0 saturated carbocycles. The number of ketones is 1. The summed E-state index contributed by atoms with van der Waals surface area (Å²) in [5, 5.41) is 11.0. The molecule has 0 fully saturated rings. The Labute approximate surface area is 186 Å². The second-order valence-corrected chi connectivity index (χ2v) is 7.90. The number of carbonyl (C=O) groups is 3. The van der Waals surface area contributed by atoms with E-state index in [4.69, 9.17) is 9.47 Å². The van der Waals surface area contributed by atoms with Gasteiger partial charge < -0.3 is 9.47 Å². The predicted octanol–water partition coefficient (Wildman–Crippen LogP) is 4.47. The molecule has 170 valence electrons. The van der Waals surface area contributed by atoms with Crippen LogP contribution in [-0.4, -0.2) is 34.9 Å². The smallest absolute Gasteiger partial charge is 0.321 e. The Bertz CT molecular complexity index is 930. The highest BCUT2D eigenvalue weighted by Crippen LogP contribution is 2.33. The summed E-state index contributed by atoms with van der Waals surface area (Å²) in [6, 6.07) is 13.9. The van der Waals surface area contributed by atoms with E-state index >= 15 is 0 Å². The van der Waals surface area contributed by atoms with E-state index in [1.807, 2.05) is 0 Å². The Hall–Kier alpha value is -3.55. The van der Waals surface area contributed by atoms with Gasteiger partial charge in [0, 0.05) is 30.0 Å². The highest BCUT2D eigenvalue weighted by Gasteiger charge is 2.40. The Morgan fingerprint density at radius 2 is 1.34 bits per heavy atom. The van der Waals surface area contributed by atoms with Crippen molar-refractivity contribution in [2.45, 2.75) is 52.2 Å². The van der Waals surface area contributed by atoms with Gasteiger partial charge in [-0.15, -0.1) is 0 Å². The second kappa shape index (κ2) is 11.2. The lowest BCUT2D eigenvalue weighted by Crippen LogP contribution is -2.36. The standard InChI is InChI=1S/C24H27NO7/c1-15(2)31-23(27)22(24(28)32-16(3)4)20(14-21(26)18-8-6-5-7-9-18)17-10-12-19(13-11-17)25(29)30/h5-13,15-16,20,22H,14H2,1-4H3/t20-/m1/s1. The van der Waals surface area contributed by atoms with Crippen molar-refractivity contribution < 1.29 is 28.8 Å². The van der Waals surface area contributed by atoms with Gasteiger partial charge in [0.2, 0.25) is 0 Å². The molecule has 0 aliphatic heterocycles. The average Bonchev–Trinajstić information content (AvgIpc) is 2.72. The Morgan fingerprint density at radius 3 is 1.78 bits per heavy atom. The number of non-ortho nitro benzene ring substituents is 1. The number of Topliss-reactive ketones (excluding diaryl/α,β-unsaturated/α-hetero) is 1. The van der Waals surface area contributed by atoms with E-state index in [0.717, 1.165) is 0 Å². The van der Waals surface area contributed by atoms with Crippen LogP contribution >= 0.6 is 0 Å². The van der Waals surface area contributed by atoms with Crippen molar-refractivity contribution in [1.29, 1.82) is 0 Å². The topological polar surface area (TPSA) is 113 Å². The van der Waals surface area contributed by atoms with Crippen molar-refractivity contribution in [3.63, 3.8) is 0 Å². The number of hydrogen-bond acceptors (Lipinski definition) is 7. The molecule has 2 rings (SSSR count). The van der Waals surface area contributed by atoms with Crippen LogP contribution in [0.1, 0.15) is 56.0 Å². The van der Waals surface area contributed by atoms with Gasteiger partial charge >= 0.3 is 11.9 Å². The summed E-state index contributed by atoms with van der Waals surface area (Å²) in [6.07, 6.45) is -1.16. The molecule has 0 heterocycles. The molecule has 0 aromatic heterocycles. The van der Waals surface area contributed by atoms with E-state index in [0.29, 0.717) is 11.1 Å². The fourth-order valence-electron chi connectivity index (χ4n) is 3.25. The van der Waals surface area contributed by atoms with Crippen molar-refractivity contribution in [2.24, 2.45) is 5.92 Å². The van der Waals surface area contributed by atoms with Crippen LogP contribution in [0.15, 0.2) is 54.6 Å². The second-order valence-electron chi connectivity index (χ2n) is 7.90. The van der Waals surface area contributed by atoms with Gasteiger partial charge in [-0.25, -0.2) is 0 Å². The lowest BCUT2D eigenvalue weighted by molar-refractivity contribution is -0.384. The third-order valence-corrected chi connectivity index (χ3v) is 4.65. The fourth-order valence-corrected chi connectivity index (χ4v) is 3.25. The molecule has 0 bridgehead atoms. The quantitative estimate of drug-likeness (QED) is 0.176. The minimum atomic E-state index is -1.41. The van der Waals surface area contributed by atoms with Crippen LogP contribution in [0.5, 0.6) is 0 Å². The van der Waals surface area contributed by atoms with Crippen molar-refractivity contribution in [3.05, 3.63) is 75.8 Å². The SMILES string of the molecule is CC(C)OC(=O)C(C(=O)OC(C)C)[C@H](CC(=O)c1ccccc1)c1ccc([N+](=O)[O-])cc1. The third-order valence-electron chi connectivity index (χ3n) is 4.65. The molecule has 0 saturated heterocycles. The first-order valence-electron chi connectivity index (χ1n) is 10.3. The number of benzene rings is 2. The number of ether oxygens (including phenoxy) is 2. The van der Waals surface area contributed by atoms with Crippen molar-refractivity contribution >= 4 is 23.4 Å². The van der Waals surface area contributed by atoms with Gasteiger partial charge in [-0.3, -0.25) is 24.5 Å². The van der Waals surface area contributed by atoms with Gasteiger partial charge in [0.1, 0.15) is 0 Å². The maximum absolute atomic E-state index is 13.0. The third kappa shape index (κ3) is 6.73. The highest BCUT2D eigenvalue weighted by molar-refractivity contribution is 6.00. The fraction of sp³-hybridized carbons (Fsp3) is 0.375. The van der Waals surface area contributed by atoms with E-state index in [1.165, 1.54) is 24.3 Å². The average molecular weight is 441 g/mol. The van der Waals surface area contributed by atoms with Crippen LogP contribution in [0.2, 0.25) is 0 Å². The normalized spacial score (nSPS) is 12.0. The first kappa shape index (κ1) is 24.7. The number of nitrogens with zero attached hydrogens (tertiary/aromatic N) is 1. The molecule has 0 unspecified atom stereocenters. The molecule has 2 aromatic rings. The summed E-state index contributed by atoms with van der Waals surface area (Å²) in [4.78, 5) is 49.4. The summed E-state index contributed by atoms with van der Waals surface area (Å²) in [5.41, 5.74) is 0.701. The van der Waals surface area contributed by atoms with Gasteiger partial charge in [0.05, 0.1) is 17.1 Å². The molecule has 8 heteroatoms. The van der Waals surface area contributed by atoms with Gasteiger partial charge in [-0.05, 0) is 33.3 Å². The minimum absolute atomic E-state index is 0.145. The maximum Gasteiger partial charge on any atom is 0.321 e. The summed E-state index contributed by atoms with van der Waals surface area (Å²) in [6.45, 7) is 6.61. The molecule has 1 atom stereocenters. The number of esters is 2. The molecular formula is C24H27NO7. The molecule has 0 radical (unpaired) electrons. The number of nitro groups is 1. The van der Waals surface area contributed by atoms with Crippen LogP contribution in [0.4, 0.5) is 5.69 Å². The zero-order valence-corrected chi connectivity index (χ0v) is 18.5. The van der Waals surface area contributed by atoms with E-state index in [-0.39, 0.29) is 17.9 Å². The minimum Gasteiger partial charge on any atom is -0.462 e. The van der Waals surface area contributed by atoms with Gasteiger partial charge in [0.25, 0.3) is 5.69 Å². The zero-order valence-electron chi connectivity index (χ0n) is 18.5. The summed E-state index contributed by atoms with van der Waals surface area (Å²) >= 11 is 0. The lowest BCUT2D eigenvalue weighted by Gasteiger charge is -2.26. The first-order valence-corrected chi connectivity index (χ1v) is 10.3. The molecule has 2 aromatic carbocycles. The molecule has 32 heavy (non-hydrogen) atoms. The van der Waals surface area contributed by atoms with Crippen LogP contribution in [0.3, 0.4) is 0 Å². The van der Waals surface area contributed by atoms with Gasteiger partial charge in [-0.2, -0.15) is 0 Å². The Kier molecular flexibility index (Phi) is 8.63. The molecule has 8 nitrogen and oxygen atoms in total. The van der Waals surface area contributed by atoms with Crippen molar-refractivity contribution in [2.75, 3.05) is 0 Å². The molecule has 0 aliphatic rings. The molecule has 0 N–H and O–H groups in total. The van der Waals surface area contributed by atoms with E-state index in [1.54, 1.807) is 58.0 Å². The Morgan fingerprint density at radius 1 is 0.844 bits per heavy atom. The van der Waals surface area contributed by atoms with E-state index < -0.39 is 40.9 Å². The lowest BCUT2D eigenvalue weighted by atomic mass is 9.81. The van der Waals surface area contributed by atoms with Crippen molar-refractivity contribution in [1.82, 2.24) is 0 Å². The monoisotopic (exact) mass is 441 g/mol.